The highest BCUT2D eigenvalue weighted by atomic mass is 16.7. The third kappa shape index (κ3) is 3.13. The Morgan fingerprint density at radius 3 is 2.40 bits per heavy atom. The van der Waals surface area contributed by atoms with Crippen molar-refractivity contribution in [1.29, 1.82) is 0 Å². The van der Waals surface area contributed by atoms with Crippen LogP contribution < -0.4 is 0 Å². The molecule has 3 aromatic carbocycles. The number of fused-ring (bicyclic) bond motifs is 2. The lowest BCUT2D eigenvalue weighted by Gasteiger charge is -2.14. The van der Waals surface area contributed by atoms with Crippen LogP contribution in [0.1, 0.15) is 12.0 Å². The van der Waals surface area contributed by atoms with Crippen molar-refractivity contribution in [2.75, 3.05) is 6.61 Å². The van der Waals surface area contributed by atoms with Gasteiger partial charge in [0.25, 0.3) is 0 Å². The van der Waals surface area contributed by atoms with E-state index >= 15 is 0 Å². The van der Waals surface area contributed by atoms with Crippen molar-refractivity contribution in [3.8, 4) is 0 Å². The number of aliphatic hydroxyl groups is 1. The minimum absolute atomic E-state index is 0.0538. The first-order valence-electron chi connectivity index (χ1n) is 8.62. The van der Waals surface area contributed by atoms with Crippen LogP contribution in [0.5, 0.6) is 0 Å². The van der Waals surface area contributed by atoms with E-state index in [1.165, 1.54) is 10.8 Å². The molecule has 1 N–H and O–H groups in total. The van der Waals surface area contributed by atoms with Gasteiger partial charge in [0.15, 0.2) is 6.10 Å². The number of aliphatic hydroxyl groups excluding tert-OH is 1. The maximum Gasteiger partial charge on any atom is 0.157 e. The zero-order valence-corrected chi connectivity index (χ0v) is 14.1. The Bertz CT molecular complexity index is 873. The maximum atomic E-state index is 9.40. The smallest absolute Gasteiger partial charge is 0.157 e. The van der Waals surface area contributed by atoms with Gasteiger partial charge in [0.05, 0.1) is 12.8 Å². The molecule has 1 unspecified atom stereocenters. The van der Waals surface area contributed by atoms with Gasteiger partial charge in [0.2, 0.25) is 0 Å². The van der Waals surface area contributed by atoms with Gasteiger partial charge in [-0.2, -0.15) is 0 Å². The number of hydrogen-bond acceptors (Lipinski definition) is 4. The molecule has 0 aliphatic carbocycles. The molecule has 0 saturated carbocycles. The Morgan fingerprint density at radius 2 is 1.76 bits per heavy atom. The van der Waals surface area contributed by atoms with Crippen molar-refractivity contribution in [3.05, 3.63) is 60.2 Å². The van der Waals surface area contributed by atoms with E-state index in [4.69, 9.17) is 9.57 Å². The number of ether oxygens (including phenoxy) is 1. The van der Waals surface area contributed by atoms with Crippen LogP contribution in [-0.2, 0) is 9.57 Å². The molecule has 0 aromatic heterocycles. The summed E-state index contributed by atoms with van der Waals surface area (Å²) >= 11 is 0. The molecule has 1 aliphatic heterocycles. The second-order valence-electron chi connectivity index (χ2n) is 6.51. The molecule has 0 amide bonds. The molecule has 0 radical (unpaired) electrons. The van der Waals surface area contributed by atoms with E-state index < -0.39 is 0 Å². The van der Waals surface area contributed by atoms with Crippen LogP contribution in [0.15, 0.2) is 59.8 Å². The maximum absolute atomic E-state index is 9.40. The summed E-state index contributed by atoms with van der Waals surface area (Å²) in [5.41, 5.74) is 1.04. The molecule has 126 valence electrons. The zero-order valence-electron chi connectivity index (χ0n) is 14.1. The van der Waals surface area contributed by atoms with Gasteiger partial charge in [-0.1, -0.05) is 53.7 Å². The molecule has 3 atom stereocenters. The topological polar surface area (TPSA) is 51.0 Å². The van der Waals surface area contributed by atoms with E-state index in [0.29, 0.717) is 0 Å². The fourth-order valence-corrected chi connectivity index (χ4v) is 3.54. The largest absolute Gasteiger partial charge is 0.394 e. The van der Waals surface area contributed by atoms with Crippen LogP contribution in [0.2, 0.25) is 0 Å². The minimum Gasteiger partial charge on any atom is -0.394 e. The average molecular weight is 333 g/mol. The van der Waals surface area contributed by atoms with Gasteiger partial charge in [0, 0.05) is 18.0 Å². The zero-order chi connectivity index (χ0) is 17.2. The average Bonchev–Trinajstić information content (AvgIpc) is 3.01. The Labute approximate surface area is 147 Å². The lowest BCUT2D eigenvalue weighted by Crippen LogP contribution is -2.26. The molecule has 1 heterocycles. The Morgan fingerprint density at radius 1 is 1.12 bits per heavy atom. The van der Waals surface area contributed by atoms with Gasteiger partial charge >= 0.3 is 0 Å². The molecule has 4 rings (SSSR count). The highest BCUT2D eigenvalue weighted by Crippen LogP contribution is 2.27. The summed E-state index contributed by atoms with van der Waals surface area (Å²) < 4.78 is 5.62. The predicted octanol–water partition coefficient (Wildman–Crippen LogP) is 2.45. The van der Waals surface area contributed by atoms with Crippen molar-refractivity contribution in [2.24, 2.45) is 5.16 Å². The summed E-state index contributed by atoms with van der Waals surface area (Å²) in [6.07, 6.45) is 2.00. The van der Waals surface area contributed by atoms with E-state index in [1.54, 1.807) is 6.21 Å². The van der Waals surface area contributed by atoms with Crippen LogP contribution in [0.25, 0.3) is 21.5 Å². The Hall–Kier alpha value is -2.37. The third-order valence-corrected chi connectivity index (χ3v) is 4.76. The summed E-state index contributed by atoms with van der Waals surface area (Å²) in [5.74, 6) is 0. The number of oxime groups is 1. The summed E-state index contributed by atoms with van der Waals surface area (Å²) in [6, 6.07) is 18.8. The fourth-order valence-electron chi connectivity index (χ4n) is 3.54. The van der Waals surface area contributed by atoms with Crippen molar-refractivity contribution in [2.45, 2.75) is 24.6 Å². The van der Waals surface area contributed by atoms with Gasteiger partial charge in [-0.15, -0.1) is 0 Å². The number of hydrogen-bond donors (Lipinski definition) is 1. The molecule has 4 nitrogen and oxygen atoms in total. The molecule has 25 heavy (non-hydrogen) atoms. The number of rotatable bonds is 4. The molecule has 0 spiro atoms. The van der Waals surface area contributed by atoms with Crippen LogP contribution in [0, 0.1) is 0 Å². The Balaban J connectivity index is 1.70. The standard InChI is InChI=1S/C20H20BNO3/c21-20-10-18(19(12-23)24-20)25-22-11-17-15-7-3-1-5-13(15)9-14-6-2-4-8-16(14)17/h1-9,11,18-20,23H,10,12,21H2/b22-11+/t18?,19-,20-/m1/s1. The second kappa shape index (κ2) is 6.86. The van der Waals surface area contributed by atoms with E-state index in [2.05, 4.69) is 35.5 Å². The monoisotopic (exact) mass is 333 g/mol. The summed E-state index contributed by atoms with van der Waals surface area (Å²) in [4.78, 5) is 5.66. The lowest BCUT2D eigenvalue weighted by atomic mass is 9.96. The van der Waals surface area contributed by atoms with E-state index in [0.717, 1.165) is 22.8 Å². The van der Waals surface area contributed by atoms with Gasteiger partial charge in [-0.05, 0) is 27.6 Å². The molecular formula is C20H20BNO3. The summed E-state index contributed by atoms with van der Waals surface area (Å²) in [6.45, 7) is -0.0538. The van der Waals surface area contributed by atoms with Crippen molar-refractivity contribution < 1.29 is 14.7 Å². The lowest BCUT2D eigenvalue weighted by molar-refractivity contribution is -0.0354. The van der Waals surface area contributed by atoms with Crippen molar-refractivity contribution in [1.82, 2.24) is 0 Å². The number of benzene rings is 3. The van der Waals surface area contributed by atoms with Crippen molar-refractivity contribution >= 4 is 35.6 Å². The van der Waals surface area contributed by atoms with Gasteiger partial charge < -0.3 is 14.7 Å². The normalized spacial score (nSPS) is 23.6. The number of nitrogens with zero attached hydrogens (tertiary/aromatic N) is 1. The van der Waals surface area contributed by atoms with Gasteiger partial charge in [0.1, 0.15) is 14.0 Å². The molecule has 1 saturated heterocycles. The van der Waals surface area contributed by atoms with E-state index in [1.807, 2.05) is 32.1 Å². The van der Waals surface area contributed by atoms with Crippen LogP contribution in [0.4, 0.5) is 0 Å². The molecule has 0 bridgehead atoms. The quantitative estimate of drug-likeness (QED) is 0.345. The fraction of sp³-hybridized carbons (Fsp3) is 0.250. The van der Waals surface area contributed by atoms with Crippen LogP contribution >= 0.6 is 0 Å². The molecular weight excluding hydrogens is 313 g/mol. The van der Waals surface area contributed by atoms with Crippen molar-refractivity contribution in [3.63, 3.8) is 0 Å². The first-order valence-corrected chi connectivity index (χ1v) is 8.62. The predicted molar refractivity (Wildman–Crippen MR) is 103 cm³/mol. The molecule has 1 aliphatic rings. The molecule has 5 heteroatoms. The first kappa shape index (κ1) is 16.1. The minimum atomic E-state index is -0.309. The SMILES string of the molecule is B[C@H]1CC(O/N=C/c2c3ccccc3cc3ccccc23)[C@@H](CO)O1. The van der Waals surface area contributed by atoms with E-state index in [-0.39, 0.29) is 24.8 Å². The highest BCUT2D eigenvalue weighted by Gasteiger charge is 2.34. The van der Waals surface area contributed by atoms with Crippen LogP contribution in [0.3, 0.4) is 0 Å². The third-order valence-electron chi connectivity index (χ3n) is 4.76. The highest BCUT2D eigenvalue weighted by molar-refractivity contribution is 6.13. The van der Waals surface area contributed by atoms with Gasteiger partial charge in [-0.3, -0.25) is 0 Å². The van der Waals surface area contributed by atoms with Crippen LogP contribution in [-0.4, -0.2) is 44.0 Å². The molecule has 3 aromatic rings. The van der Waals surface area contributed by atoms with Gasteiger partial charge in [-0.25, -0.2) is 0 Å². The Kier molecular flexibility index (Phi) is 4.43. The second-order valence-corrected chi connectivity index (χ2v) is 6.51. The summed E-state index contributed by atoms with van der Waals surface area (Å²) in [5, 5.41) is 18.3. The first-order chi connectivity index (χ1) is 12.3. The summed E-state index contributed by atoms with van der Waals surface area (Å²) in [7, 11) is 1.98. The van der Waals surface area contributed by atoms with E-state index in [9.17, 15) is 5.11 Å². The molecule has 1 fully saturated rings.